The van der Waals surface area contributed by atoms with Crippen molar-refractivity contribution in [1.82, 2.24) is 0 Å². The first kappa shape index (κ1) is 18.9. The number of rotatable bonds is 6. The highest BCUT2D eigenvalue weighted by atomic mass is 32.2. The Kier molecular flexibility index (Phi) is 5.46. The second-order valence-electron chi connectivity index (χ2n) is 4.99. The van der Waals surface area contributed by atoms with Crippen LogP contribution in [-0.2, 0) is 16.4 Å². The molecule has 0 aliphatic heterocycles. The third kappa shape index (κ3) is 3.65. The van der Waals surface area contributed by atoms with Gasteiger partial charge in [0.05, 0.1) is 5.69 Å². The van der Waals surface area contributed by atoms with E-state index < -0.39 is 44.0 Å². The van der Waals surface area contributed by atoms with Crippen molar-refractivity contribution in [3.8, 4) is 0 Å². The number of anilines is 1. The van der Waals surface area contributed by atoms with E-state index in [4.69, 9.17) is 0 Å². The molecule has 3 nitrogen and oxygen atoms in total. The molecule has 134 valence electrons. The topological polar surface area (TPSA) is 46.2 Å². The molecule has 9 heteroatoms. The van der Waals surface area contributed by atoms with Crippen LogP contribution in [0, 0.1) is 29.1 Å². The molecule has 0 fully saturated rings. The van der Waals surface area contributed by atoms with Crippen molar-refractivity contribution < 1.29 is 30.4 Å². The van der Waals surface area contributed by atoms with Crippen LogP contribution < -0.4 is 4.72 Å². The van der Waals surface area contributed by atoms with Gasteiger partial charge < -0.3 is 0 Å². The Balaban J connectivity index is 2.54. The molecule has 2 aromatic carbocycles. The van der Waals surface area contributed by atoms with Gasteiger partial charge in [-0.1, -0.05) is 24.3 Å². The van der Waals surface area contributed by atoms with Crippen molar-refractivity contribution in [2.45, 2.75) is 17.7 Å². The zero-order valence-electron chi connectivity index (χ0n) is 12.6. The Morgan fingerprint density at radius 1 is 0.920 bits per heavy atom. The van der Waals surface area contributed by atoms with Gasteiger partial charge in [-0.05, 0) is 24.5 Å². The monoisotopic (exact) mass is 377 g/mol. The Bertz CT molecular complexity index is 899. The van der Waals surface area contributed by atoms with Crippen LogP contribution in [0.15, 0.2) is 41.8 Å². The SMILES string of the molecule is C=CCCc1ccccc1NS(=O)(=O)c1c(F)c(F)c(F)c(F)c1F. The molecule has 0 unspecified atom stereocenters. The first-order chi connectivity index (χ1) is 11.7. The Morgan fingerprint density at radius 2 is 1.44 bits per heavy atom. The van der Waals surface area contributed by atoms with Gasteiger partial charge in [0.2, 0.25) is 5.82 Å². The highest BCUT2D eigenvalue weighted by Crippen LogP contribution is 2.29. The molecular weight excluding hydrogens is 365 g/mol. The summed E-state index contributed by atoms with van der Waals surface area (Å²) in [5.41, 5.74) is 0.433. The van der Waals surface area contributed by atoms with Gasteiger partial charge in [-0.3, -0.25) is 4.72 Å². The molecule has 0 heterocycles. The lowest BCUT2D eigenvalue weighted by atomic mass is 10.1. The summed E-state index contributed by atoms with van der Waals surface area (Å²) in [6.45, 7) is 3.52. The van der Waals surface area contributed by atoms with Crippen LogP contribution in [0.4, 0.5) is 27.6 Å². The molecule has 2 rings (SSSR count). The summed E-state index contributed by atoms with van der Waals surface area (Å²) in [5, 5.41) is 0. The van der Waals surface area contributed by atoms with Gasteiger partial charge in [-0.2, -0.15) is 0 Å². The fraction of sp³-hybridized carbons (Fsp3) is 0.125. The van der Waals surface area contributed by atoms with Crippen LogP contribution in [0.25, 0.3) is 0 Å². The van der Waals surface area contributed by atoms with Crippen LogP contribution in [0.1, 0.15) is 12.0 Å². The van der Waals surface area contributed by atoms with Crippen LogP contribution >= 0.6 is 0 Å². The molecule has 0 bridgehead atoms. The maximum absolute atomic E-state index is 13.8. The maximum Gasteiger partial charge on any atom is 0.268 e. The first-order valence-corrected chi connectivity index (χ1v) is 8.42. The summed E-state index contributed by atoms with van der Waals surface area (Å²) < 4.78 is 93.4. The lowest BCUT2D eigenvalue weighted by Crippen LogP contribution is -2.20. The molecule has 0 saturated carbocycles. The zero-order chi connectivity index (χ0) is 18.8. The van der Waals surface area contributed by atoms with E-state index in [0.717, 1.165) is 0 Å². The largest absolute Gasteiger partial charge is 0.279 e. The van der Waals surface area contributed by atoms with Gasteiger partial charge in [-0.15, -0.1) is 6.58 Å². The smallest absolute Gasteiger partial charge is 0.268 e. The summed E-state index contributed by atoms with van der Waals surface area (Å²) >= 11 is 0. The van der Waals surface area contributed by atoms with Gasteiger partial charge in [0.1, 0.15) is 0 Å². The number of sulfonamides is 1. The average Bonchev–Trinajstić information content (AvgIpc) is 2.57. The molecule has 0 radical (unpaired) electrons. The first-order valence-electron chi connectivity index (χ1n) is 6.93. The van der Waals surface area contributed by atoms with Gasteiger partial charge >= 0.3 is 0 Å². The predicted molar refractivity (Wildman–Crippen MR) is 82.0 cm³/mol. The molecule has 2 aromatic rings. The standard InChI is InChI=1S/C16H12F5NO2S/c1-2-3-6-9-7-4-5-8-10(9)22-25(23,24)16-14(20)12(18)11(17)13(19)15(16)21/h2,4-5,7-8,22H,1,3,6H2. The van der Waals surface area contributed by atoms with E-state index in [-0.39, 0.29) is 5.69 Å². The van der Waals surface area contributed by atoms with E-state index in [0.29, 0.717) is 18.4 Å². The Labute approximate surface area is 140 Å². The Morgan fingerprint density at radius 3 is 2.00 bits per heavy atom. The maximum atomic E-state index is 13.8. The van der Waals surface area contributed by atoms with Crippen LogP contribution in [0.2, 0.25) is 0 Å². The van der Waals surface area contributed by atoms with Crippen molar-refractivity contribution in [3.05, 3.63) is 71.6 Å². The quantitative estimate of drug-likeness (QED) is 0.353. The molecule has 0 spiro atoms. The minimum absolute atomic E-state index is 0.0340. The number of aryl methyl sites for hydroxylation is 1. The average molecular weight is 377 g/mol. The summed E-state index contributed by atoms with van der Waals surface area (Å²) in [5.74, 6) is -11.9. The van der Waals surface area contributed by atoms with Gasteiger partial charge in [0.15, 0.2) is 28.2 Å². The number of nitrogens with one attached hydrogen (secondary N) is 1. The summed E-state index contributed by atoms with van der Waals surface area (Å²) in [4.78, 5) is -1.93. The number of allylic oxidation sites excluding steroid dienone is 1. The van der Waals surface area contributed by atoms with E-state index in [2.05, 4.69) is 6.58 Å². The second kappa shape index (κ2) is 7.22. The number of benzene rings is 2. The zero-order valence-corrected chi connectivity index (χ0v) is 13.4. The van der Waals surface area contributed by atoms with Crippen LogP contribution in [0.3, 0.4) is 0 Å². The van der Waals surface area contributed by atoms with E-state index in [1.54, 1.807) is 18.2 Å². The van der Waals surface area contributed by atoms with E-state index in [1.165, 1.54) is 12.1 Å². The van der Waals surface area contributed by atoms with Crippen molar-refractivity contribution in [2.24, 2.45) is 0 Å². The van der Waals surface area contributed by atoms with E-state index in [1.807, 2.05) is 4.72 Å². The predicted octanol–water partition coefficient (Wildman–Crippen LogP) is 4.30. The fourth-order valence-electron chi connectivity index (χ4n) is 2.11. The molecule has 0 aliphatic carbocycles. The molecule has 0 aromatic heterocycles. The molecule has 0 aliphatic rings. The third-order valence-electron chi connectivity index (χ3n) is 3.32. The summed E-state index contributed by atoms with van der Waals surface area (Å²) in [7, 11) is -5.06. The second-order valence-corrected chi connectivity index (χ2v) is 6.61. The molecular formula is C16H12F5NO2S. The van der Waals surface area contributed by atoms with Crippen molar-refractivity contribution in [3.63, 3.8) is 0 Å². The van der Waals surface area contributed by atoms with E-state index in [9.17, 15) is 30.4 Å². The Hall–Kier alpha value is -2.42. The van der Waals surface area contributed by atoms with E-state index >= 15 is 0 Å². The molecule has 1 N–H and O–H groups in total. The van der Waals surface area contributed by atoms with Crippen molar-refractivity contribution in [1.29, 1.82) is 0 Å². The number of hydrogen-bond acceptors (Lipinski definition) is 2. The van der Waals surface area contributed by atoms with Crippen molar-refractivity contribution in [2.75, 3.05) is 4.72 Å². The van der Waals surface area contributed by atoms with Crippen LogP contribution in [-0.4, -0.2) is 8.42 Å². The van der Waals surface area contributed by atoms with Crippen LogP contribution in [0.5, 0.6) is 0 Å². The van der Waals surface area contributed by atoms with Gasteiger partial charge in [0.25, 0.3) is 10.0 Å². The lowest BCUT2D eigenvalue weighted by molar-refractivity contribution is 0.358. The lowest BCUT2D eigenvalue weighted by Gasteiger charge is -2.14. The summed E-state index contributed by atoms with van der Waals surface area (Å²) in [6, 6.07) is 5.92. The fourth-order valence-corrected chi connectivity index (χ4v) is 3.35. The van der Waals surface area contributed by atoms with Gasteiger partial charge in [-0.25, -0.2) is 30.4 Å². The third-order valence-corrected chi connectivity index (χ3v) is 4.70. The molecule has 0 saturated heterocycles. The van der Waals surface area contributed by atoms with Crippen molar-refractivity contribution >= 4 is 15.7 Å². The molecule has 25 heavy (non-hydrogen) atoms. The minimum atomic E-state index is -5.06. The highest BCUT2D eigenvalue weighted by molar-refractivity contribution is 7.92. The molecule has 0 atom stereocenters. The number of hydrogen-bond donors (Lipinski definition) is 1. The number of halogens is 5. The van der Waals surface area contributed by atoms with Gasteiger partial charge in [0, 0.05) is 0 Å². The minimum Gasteiger partial charge on any atom is -0.279 e. The summed E-state index contributed by atoms with van der Waals surface area (Å²) in [6.07, 6.45) is 2.43. The number of para-hydroxylation sites is 1. The molecule has 0 amide bonds. The highest BCUT2D eigenvalue weighted by Gasteiger charge is 2.33. The normalized spacial score (nSPS) is 11.4.